The van der Waals surface area contributed by atoms with Gasteiger partial charge in [-0.25, -0.2) is 9.13 Å². The highest BCUT2D eigenvalue weighted by molar-refractivity contribution is 4.83. The van der Waals surface area contributed by atoms with Gasteiger partial charge in [-0.15, -0.1) is 0 Å². The number of unbranched alkanes of at least 4 members (excludes halogenated alkanes) is 23. The molecule has 212 valence electrons. The zero-order valence-electron chi connectivity index (χ0n) is 25.3. The number of hydrogen-bond acceptors (Lipinski definition) is 0. The molecule has 36 heavy (non-hydrogen) atoms. The van der Waals surface area contributed by atoms with Gasteiger partial charge in [0, 0.05) is 6.42 Å². The van der Waals surface area contributed by atoms with Crippen LogP contribution in [0.1, 0.15) is 187 Å². The Morgan fingerprint density at radius 1 is 0.472 bits per heavy atom. The standard InChI is InChI=1S/C34H67N2/c1-4-7-9-11-13-15-16-17-18-19-20-21-22-23-24-26-28-30-34-35(6-3)32-33-36(34)31-29-27-25-14-12-10-8-5-2/h32-33H,4-31H2,1-3H3/q+1. The Balaban J connectivity index is 1.97. The van der Waals surface area contributed by atoms with Crippen molar-refractivity contribution in [2.75, 3.05) is 0 Å². The van der Waals surface area contributed by atoms with E-state index in [-0.39, 0.29) is 0 Å². The number of nitrogens with zero attached hydrogens (tertiary/aromatic N) is 2. The van der Waals surface area contributed by atoms with E-state index in [1.807, 2.05) is 0 Å². The van der Waals surface area contributed by atoms with E-state index in [0.29, 0.717) is 0 Å². The average Bonchev–Trinajstić information content (AvgIpc) is 3.29. The second kappa shape index (κ2) is 25.8. The molecule has 0 aliphatic heterocycles. The summed E-state index contributed by atoms with van der Waals surface area (Å²) in [6.07, 6.45) is 41.8. The molecule has 0 fully saturated rings. The minimum Gasteiger partial charge on any atom is -0.235 e. The first kappa shape index (κ1) is 33.2. The molecular formula is C34H67N2+. The third-order valence-corrected chi connectivity index (χ3v) is 8.19. The summed E-state index contributed by atoms with van der Waals surface area (Å²) in [5.74, 6) is 1.57. The first-order chi connectivity index (χ1) is 17.8. The van der Waals surface area contributed by atoms with Gasteiger partial charge in [-0.2, -0.15) is 0 Å². The van der Waals surface area contributed by atoms with E-state index in [4.69, 9.17) is 0 Å². The smallest absolute Gasteiger partial charge is 0.235 e. The quantitative estimate of drug-likeness (QED) is 0.0794. The fraction of sp³-hybridized carbons (Fsp3) is 0.912. The summed E-state index contributed by atoms with van der Waals surface area (Å²) < 4.78 is 5.05. The Labute approximate surface area is 228 Å². The van der Waals surface area contributed by atoms with Crippen LogP contribution >= 0.6 is 0 Å². The molecule has 0 saturated carbocycles. The predicted octanol–water partition coefficient (Wildman–Crippen LogP) is 11.1. The molecule has 0 bridgehead atoms. The Kier molecular flexibility index (Phi) is 23.9. The van der Waals surface area contributed by atoms with Crippen LogP contribution in [0.3, 0.4) is 0 Å². The van der Waals surface area contributed by atoms with Gasteiger partial charge in [0.25, 0.3) is 5.82 Å². The summed E-state index contributed by atoms with van der Waals surface area (Å²) in [5.41, 5.74) is 0. The van der Waals surface area contributed by atoms with Gasteiger partial charge in [-0.05, 0) is 26.2 Å². The van der Waals surface area contributed by atoms with E-state index in [2.05, 4.69) is 42.3 Å². The summed E-state index contributed by atoms with van der Waals surface area (Å²) in [6, 6.07) is 0. The lowest BCUT2D eigenvalue weighted by Gasteiger charge is -2.06. The topological polar surface area (TPSA) is 8.81 Å². The molecule has 0 spiro atoms. The molecule has 0 aliphatic carbocycles. The maximum atomic E-state index is 2.56. The van der Waals surface area contributed by atoms with Gasteiger partial charge in [0.2, 0.25) is 0 Å². The predicted molar refractivity (Wildman–Crippen MR) is 161 cm³/mol. The molecule has 1 aromatic rings. The van der Waals surface area contributed by atoms with E-state index in [9.17, 15) is 0 Å². The van der Waals surface area contributed by atoms with Crippen LogP contribution in [0.25, 0.3) is 0 Å². The fourth-order valence-electron chi connectivity index (χ4n) is 5.70. The number of imidazole rings is 1. The molecule has 0 atom stereocenters. The summed E-state index contributed by atoms with van der Waals surface area (Å²) in [7, 11) is 0. The number of rotatable bonds is 28. The van der Waals surface area contributed by atoms with Crippen LogP contribution in [-0.2, 0) is 19.5 Å². The van der Waals surface area contributed by atoms with Gasteiger partial charge in [0.05, 0.1) is 13.1 Å². The van der Waals surface area contributed by atoms with Gasteiger partial charge in [0.1, 0.15) is 12.4 Å². The minimum absolute atomic E-state index is 1.11. The second-order valence-electron chi connectivity index (χ2n) is 11.6. The van der Waals surface area contributed by atoms with Crippen LogP contribution in [0.2, 0.25) is 0 Å². The average molecular weight is 504 g/mol. The molecule has 0 N–H and O–H groups in total. The fourth-order valence-corrected chi connectivity index (χ4v) is 5.70. The van der Waals surface area contributed by atoms with E-state index < -0.39 is 0 Å². The molecule has 2 nitrogen and oxygen atoms in total. The van der Waals surface area contributed by atoms with Crippen LogP contribution in [-0.4, -0.2) is 4.57 Å². The van der Waals surface area contributed by atoms with Gasteiger partial charge >= 0.3 is 0 Å². The monoisotopic (exact) mass is 504 g/mol. The maximum Gasteiger partial charge on any atom is 0.256 e. The third kappa shape index (κ3) is 18.5. The molecule has 0 saturated heterocycles. The first-order valence-electron chi connectivity index (χ1n) is 16.9. The van der Waals surface area contributed by atoms with Crippen molar-refractivity contribution in [3.05, 3.63) is 18.2 Å². The molecule has 2 heteroatoms. The lowest BCUT2D eigenvalue weighted by Crippen LogP contribution is -2.37. The van der Waals surface area contributed by atoms with Crippen molar-refractivity contribution in [1.29, 1.82) is 0 Å². The summed E-state index contributed by atoms with van der Waals surface area (Å²) >= 11 is 0. The number of aryl methyl sites for hydroxylation is 2. The molecular weight excluding hydrogens is 436 g/mol. The van der Waals surface area contributed by atoms with Crippen molar-refractivity contribution in [3.8, 4) is 0 Å². The highest BCUT2D eigenvalue weighted by Crippen LogP contribution is 2.15. The van der Waals surface area contributed by atoms with Crippen molar-refractivity contribution in [2.24, 2.45) is 0 Å². The Morgan fingerprint density at radius 2 is 0.833 bits per heavy atom. The molecule has 0 radical (unpaired) electrons. The van der Waals surface area contributed by atoms with Gasteiger partial charge in [0.15, 0.2) is 0 Å². The minimum atomic E-state index is 1.11. The van der Waals surface area contributed by atoms with E-state index in [1.165, 1.54) is 173 Å². The zero-order chi connectivity index (χ0) is 25.9. The van der Waals surface area contributed by atoms with E-state index in [0.717, 1.165) is 6.54 Å². The second-order valence-corrected chi connectivity index (χ2v) is 11.6. The Hall–Kier alpha value is -0.790. The molecule has 1 heterocycles. The Bertz CT molecular complexity index is 562. The van der Waals surface area contributed by atoms with Gasteiger partial charge in [-0.3, -0.25) is 0 Å². The summed E-state index contributed by atoms with van der Waals surface area (Å²) in [6.45, 7) is 9.23. The van der Waals surface area contributed by atoms with E-state index >= 15 is 0 Å². The van der Waals surface area contributed by atoms with Gasteiger partial charge in [-0.1, -0.05) is 155 Å². The van der Waals surface area contributed by atoms with Crippen LogP contribution in [0.4, 0.5) is 0 Å². The molecule has 0 aliphatic rings. The third-order valence-electron chi connectivity index (χ3n) is 8.19. The lowest BCUT2D eigenvalue weighted by molar-refractivity contribution is -0.704. The molecule has 0 unspecified atom stereocenters. The summed E-state index contributed by atoms with van der Waals surface area (Å²) in [4.78, 5) is 0. The highest BCUT2D eigenvalue weighted by Gasteiger charge is 2.15. The number of aromatic nitrogens is 2. The van der Waals surface area contributed by atoms with Crippen molar-refractivity contribution in [2.45, 2.75) is 201 Å². The van der Waals surface area contributed by atoms with Crippen molar-refractivity contribution < 1.29 is 4.57 Å². The zero-order valence-corrected chi connectivity index (χ0v) is 25.3. The largest absolute Gasteiger partial charge is 0.256 e. The highest BCUT2D eigenvalue weighted by atomic mass is 15.1. The van der Waals surface area contributed by atoms with Crippen LogP contribution in [0, 0.1) is 0 Å². The van der Waals surface area contributed by atoms with Crippen LogP contribution < -0.4 is 4.57 Å². The lowest BCUT2D eigenvalue weighted by atomic mass is 10.0. The Morgan fingerprint density at radius 3 is 1.22 bits per heavy atom. The van der Waals surface area contributed by atoms with Crippen molar-refractivity contribution >= 4 is 0 Å². The SMILES string of the molecule is CCCCCCCCCCCCCCCCCCCc1n(CC)cc[n+]1CCCCCCCCCC. The summed E-state index contributed by atoms with van der Waals surface area (Å²) in [5, 5.41) is 0. The molecule has 1 rings (SSSR count). The molecule has 0 aromatic carbocycles. The van der Waals surface area contributed by atoms with Crippen molar-refractivity contribution in [1.82, 2.24) is 4.57 Å². The first-order valence-corrected chi connectivity index (χ1v) is 16.9. The maximum absolute atomic E-state index is 2.56. The molecule has 1 aromatic heterocycles. The number of hydrogen-bond donors (Lipinski definition) is 0. The molecule has 0 amide bonds. The van der Waals surface area contributed by atoms with E-state index in [1.54, 1.807) is 5.82 Å². The van der Waals surface area contributed by atoms with Crippen LogP contribution in [0.5, 0.6) is 0 Å². The van der Waals surface area contributed by atoms with Crippen LogP contribution in [0.15, 0.2) is 12.4 Å². The van der Waals surface area contributed by atoms with Crippen molar-refractivity contribution in [3.63, 3.8) is 0 Å². The van der Waals surface area contributed by atoms with Gasteiger partial charge < -0.3 is 0 Å². The normalized spacial score (nSPS) is 11.5.